The Balaban J connectivity index is 1.43. The summed E-state index contributed by atoms with van der Waals surface area (Å²) in [5.41, 5.74) is 1.81. The van der Waals surface area contributed by atoms with Crippen LogP contribution in [0.15, 0.2) is 50.8 Å². The van der Waals surface area contributed by atoms with Gasteiger partial charge in [-0.15, -0.1) is 10.2 Å². The summed E-state index contributed by atoms with van der Waals surface area (Å²) in [6.45, 7) is 1.95. The molecule has 0 N–H and O–H groups in total. The Morgan fingerprint density at radius 2 is 2.00 bits per heavy atom. The SMILES string of the molecule is Clc1ccccc1-n1c(SCc2noc(-c3ccsc3)n2)nnc1N1CCCC1. The number of benzene rings is 1. The summed E-state index contributed by atoms with van der Waals surface area (Å²) in [6, 6.07) is 9.72. The van der Waals surface area contributed by atoms with Gasteiger partial charge in [0.15, 0.2) is 11.0 Å². The molecule has 4 heterocycles. The van der Waals surface area contributed by atoms with Gasteiger partial charge in [-0.2, -0.15) is 16.3 Å². The average molecular weight is 445 g/mol. The molecule has 0 bridgehead atoms. The highest BCUT2D eigenvalue weighted by molar-refractivity contribution is 7.98. The zero-order valence-corrected chi connectivity index (χ0v) is 17.8. The van der Waals surface area contributed by atoms with E-state index in [4.69, 9.17) is 16.1 Å². The zero-order chi connectivity index (χ0) is 19.6. The molecule has 4 aromatic rings. The van der Waals surface area contributed by atoms with Crippen LogP contribution in [0.4, 0.5) is 5.95 Å². The molecule has 1 aliphatic heterocycles. The van der Waals surface area contributed by atoms with Crippen molar-refractivity contribution in [2.75, 3.05) is 18.0 Å². The van der Waals surface area contributed by atoms with Crippen LogP contribution >= 0.6 is 34.7 Å². The molecule has 3 aromatic heterocycles. The third-order valence-electron chi connectivity index (χ3n) is 4.67. The molecule has 1 aliphatic rings. The minimum Gasteiger partial charge on any atom is -0.341 e. The number of rotatable bonds is 6. The Morgan fingerprint density at radius 1 is 1.14 bits per heavy atom. The second kappa shape index (κ2) is 8.17. The number of hydrogen-bond acceptors (Lipinski definition) is 8. The van der Waals surface area contributed by atoms with Crippen molar-refractivity contribution in [2.45, 2.75) is 23.8 Å². The van der Waals surface area contributed by atoms with E-state index in [2.05, 4.69) is 25.2 Å². The van der Waals surface area contributed by atoms with Gasteiger partial charge < -0.3 is 9.42 Å². The predicted molar refractivity (Wildman–Crippen MR) is 115 cm³/mol. The third kappa shape index (κ3) is 3.77. The Kier molecular flexibility index (Phi) is 5.26. The fourth-order valence-corrected chi connectivity index (χ4v) is 4.90. The van der Waals surface area contributed by atoms with Crippen molar-refractivity contribution in [3.63, 3.8) is 0 Å². The summed E-state index contributed by atoms with van der Waals surface area (Å²) in [4.78, 5) is 6.74. The molecule has 0 unspecified atom stereocenters. The Morgan fingerprint density at radius 3 is 2.79 bits per heavy atom. The molecule has 0 spiro atoms. The second-order valence-electron chi connectivity index (χ2n) is 6.58. The van der Waals surface area contributed by atoms with Gasteiger partial charge in [0, 0.05) is 18.5 Å². The molecule has 10 heteroatoms. The molecular weight excluding hydrogens is 428 g/mol. The summed E-state index contributed by atoms with van der Waals surface area (Å²) in [5, 5.41) is 18.4. The highest BCUT2D eigenvalue weighted by atomic mass is 35.5. The maximum Gasteiger partial charge on any atom is 0.258 e. The summed E-state index contributed by atoms with van der Waals surface area (Å²) in [5.74, 6) is 2.50. The molecule has 0 radical (unpaired) electrons. The largest absolute Gasteiger partial charge is 0.341 e. The fourth-order valence-electron chi connectivity index (χ4n) is 3.27. The molecule has 1 fully saturated rings. The van der Waals surface area contributed by atoms with E-state index in [9.17, 15) is 0 Å². The van der Waals surface area contributed by atoms with E-state index in [1.54, 1.807) is 11.3 Å². The number of halogens is 1. The topological polar surface area (TPSA) is 72.9 Å². The smallest absolute Gasteiger partial charge is 0.258 e. The minimum atomic E-state index is 0.524. The van der Waals surface area contributed by atoms with Crippen LogP contribution in [0.2, 0.25) is 5.02 Å². The fraction of sp³-hybridized carbons (Fsp3) is 0.263. The van der Waals surface area contributed by atoms with E-state index in [0.29, 0.717) is 22.5 Å². The molecule has 1 saturated heterocycles. The summed E-state index contributed by atoms with van der Waals surface area (Å²) in [7, 11) is 0. The standard InChI is InChI=1S/C19H17ClN6OS2/c20-14-5-1-2-6-15(14)26-18(25-8-3-4-9-25)22-23-19(26)29-12-16-21-17(27-24-16)13-7-10-28-11-13/h1-2,5-7,10-11H,3-4,8-9,12H2. The number of thiophene rings is 1. The van der Waals surface area contributed by atoms with Crippen LogP contribution in [0.1, 0.15) is 18.7 Å². The zero-order valence-electron chi connectivity index (χ0n) is 15.4. The highest BCUT2D eigenvalue weighted by Gasteiger charge is 2.24. The molecule has 0 atom stereocenters. The second-order valence-corrected chi connectivity index (χ2v) is 8.71. The molecule has 29 heavy (non-hydrogen) atoms. The maximum atomic E-state index is 6.50. The van der Waals surface area contributed by atoms with Gasteiger partial charge in [-0.3, -0.25) is 4.57 Å². The van der Waals surface area contributed by atoms with Gasteiger partial charge in [0.1, 0.15) is 0 Å². The Hall–Kier alpha value is -2.36. The normalized spacial score (nSPS) is 14.0. The van der Waals surface area contributed by atoms with Crippen LogP contribution in [-0.4, -0.2) is 38.0 Å². The summed E-state index contributed by atoms with van der Waals surface area (Å²) >= 11 is 9.61. The monoisotopic (exact) mass is 444 g/mol. The van der Waals surface area contributed by atoms with Crippen LogP contribution < -0.4 is 4.90 Å². The molecule has 148 valence electrons. The van der Waals surface area contributed by atoms with Crippen molar-refractivity contribution in [1.29, 1.82) is 0 Å². The first kappa shape index (κ1) is 18.7. The van der Waals surface area contributed by atoms with E-state index >= 15 is 0 Å². The number of para-hydroxylation sites is 1. The van der Waals surface area contributed by atoms with Gasteiger partial charge in [0.2, 0.25) is 5.95 Å². The molecule has 0 aliphatic carbocycles. The minimum absolute atomic E-state index is 0.524. The Bertz CT molecular complexity index is 1100. The first-order chi connectivity index (χ1) is 14.3. The van der Waals surface area contributed by atoms with Gasteiger partial charge in [-0.1, -0.05) is 40.7 Å². The molecule has 7 nitrogen and oxygen atoms in total. The van der Waals surface area contributed by atoms with Gasteiger partial charge in [0.25, 0.3) is 5.89 Å². The van der Waals surface area contributed by atoms with Crippen LogP contribution in [0.5, 0.6) is 0 Å². The van der Waals surface area contributed by atoms with Crippen LogP contribution in [0.25, 0.3) is 17.1 Å². The lowest BCUT2D eigenvalue weighted by atomic mass is 10.3. The van der Waals surface area contributed by atoms with Crippen LogP contribution in [-0.2, 0) is 5.75 Å². The predicted octanol–water partition coefficient (Wildman–Crippen LogP) is 4.92. The van der Waals surface area contributed by atoms with E-state index in [1.807, 2.05) is 45.7 Å². The molecular formula is C19H17ClN6OS2. The average Bonchev–Trinajstić information content (AvgIpc) is 3.54. The Labute approximate surface area is 180 Å². The van der Waals surface area contributed by atoms with Gasteiger partial charge in [-0.25, -0.2) is 0 Å². The quantitative estimate of drug-likeness (QED) is 0.390. The highest BCUT2D eigenvalue weighted by Crippen LogP contribution is 2.33. The molecule has 1 aromatic carbocycles. The summed E-state index contributed by atoms with van der Waals surface area (Å²) < 4.78 is 7.40. The van der Waals surface area contributed by atoms with Gasteiger partial charge in [0.05, 0.1) is 22.0 Å². The van der Waals surface area contributed by atoms with Crippen LogP contribution in [0, 0.1) is 0 Å². The number of anilines is 1. The van der Waals surface area contributed by atoms with Gasteiger partial charge in [-0.05, 0) is 36.4 Å². The lowest BCUT2D eigenvalue weighted by molar-refractivity contribution is 0.425. The number of thioether (sulfide) groups is 1. The van der Waals surface area contributed by atoms with E-state index in [1.165, 1.54) is 11.8 Å². The first-order valence-electron chi connectivity index (χ1n) is 9.23. The van der Waals surface area contributed by atoms with Gasteiger partial charge >= 0.3 is 0 Å². The molecule has 0 amide bonds. The first-order valence-corrected chi connectivity index (χ1v) is 11.5. The lowest BCUT2D eigenvalue weighted by Crippen LogP contribution is -2.22. The molecule has 5 rings (SSSR count). The number of aromatic nitrogens is 5. The van der Waals surface area contributed by atoms with Crippen molar-refractivity contribution in [1.82, 2.24) is 24.9 Å². The van der Waals surface area contributed by atoms with Crippen molar-refractivity contribution < 1.29 is 4.52 Å². The van der Waals surface area contributed by atoms with Crippen molar-refractivity contribution in [3.05, 3.63) is 51.9 Å². The maximum absolute atomic E-state index is 6.50. The van der Waals surface area contributed by atoms with E-state index in [-0.39, 0.29) is 0 Å². The van der Waals surface area contributed by atoms with Crippen molar-refractivity contribution >= 4 is 40.6 Å². The summed E-state index contributed by atoms with van der Waals surface area (Å²) in [6.07, 6.45) is 2.32. The molecule has 0 saturated carbocycles. The number of nitrogens with zero attached hydrogens (tertiary/aromatic N) is 6. The van der Waals surface area contributed by atoms with Crippen molar-refractivity contribution in [3.8, 4) is 17.1 Å². The van der Waals surface area contributed by atoms with E-state index < -0.39 is 0 Å². The number of hydrogen-bond donors (Lipinski definition) is 0. The van der Waals surface area contributed by atoms with E-state index in [0.717, 1.165) is 48.3 Å². The third-order valence-corrected chi connectivity index (χ3v) is 6.59. The lowest BCUT2D eigenvalue weighted by Gasteiger charge is -2.18. The van der Waals surface area contributed by atoms with Crippen LogP contribution in [0.3, 0.4) is 0 Å². The van der Waals surface area contributed by atoms with Crippen molar-refractivity contribution in [2.24, 2.45) is 0 Å².